The summed E-state index contributed by atoms with van der Waals surface area (Å²) < 4.78 is 0. The van der Waals surface area contributed by atoms with E-state index < -0.39 is 11.6 Å². The number of rotatable bonds is 3. The second kappa shape index (κ2) is 4.49. The molecule has 0 heterocycles. The Morgan fingerprint density at radius 2 is 1.29 bits per heavy atom. The van der Waals surface area contributed by atoms with E-state index in [9.17, 15) is 15.0 Å². The lowest BCUT2D eigenvalue weighted by Gasteiger charge is -2.20. The molecule has 2 rings (SSSR count). The number of aliphatic hydroxyl groups is 2. The summed E-state index contributed by atoms with van der Waals surface area (Å²) in [6, 6.07) is 16.2. The normalized spacial score (nSPS) is 11.2. The largest absolute Gasteiger partial charge is 0.356 e. The first-order valence-electron chi connectivity index (χ1n) is 5.22. The van der Waals surface area contributed by atoms with Gasteiger partial charge < -0.3 is 10.2 Å². The van der Waals surface area contributed by atoms with Gasteiger partial charge in [-0.3, -0.25) is 4.79 Å². The lowest BCUT2D eigenvalue weighted by Crippen LogP contribution is -2.35. The highest BCUT2D eigenvalue weighted by Gasteiger charge is 2.35. The summed E-state index contributed by atoms with van der Waals surface area (Å²) in [7, 11) is 0. The molecule has 0 saturated heterocycles. The first-order valence-corrected chi connectivity index (χ1v) is 5.22. The van der Waals surface area contributed by atoms with Crippen molar-refractivity contribution in [2.24, 2.45) is 0 Å². The van der Waals surface area contributed by atoms with Gasteiger partial charge in [-0.25, -0.2) is 0 Å². The van der Waals surface area contributed by atoms with Crippen molar-refractivity contribution < 1.29 is 15.0 Å². The van der Waals surface area contributed by atoms with Gasteiger partial charge in [-0.2, -0.15) is 0 Å². The summed E-state index contributed by atoms with van der Waals surface area (Å²) in [6.07, 6.45) is 0. The van der Waals surface area contributed by atoms with Crippen LogP contribution in [0.1, 0.15) is 15.9 Å². The van der Waals surface area contributed by atoms with E-state index in [-0.39, 0.29) is 11.1 Å². The summed E-state index contributed by atoms with van der Waals surface area (Å²) in [5.74, 6) is -3.22. The van der Waals surface area contributed by atoms with Crippen molar-refractivity contribution in [2.75, 3.05) is 0 Å². The molecule has 0 bridgehead atoms. The summed E-state index contributed by atoms with van der Waals surface area (Å²) >= 11 is 0. The summed E-state index contributed by atoms with van der Waals surface area (Å²) in [4.78, 5) is 12.0. The van der Waals surface area contributed by atoms with E-state index in [1.807, 2.05) is 0 Å². The zero-order chi connectivity index (χ0) is 12.3. The number of hydrogen-bond donors (Lipinski definition) is 2. The molecule has 0 aromatic heterocycles. The average molecular weight is 228 g/mol. The maximum atomic E-state index is 12.0. The van der Waals surface area contributed by atoms with E-state index in [4.69, 9.17) is 0 Å². The first-order chi connectivity index (χ1) is 8.12. The molecular formula is C14H12O3. The minimum Gasteiger partial charge on any atom is -0.356 e. The van der Waals surface area contributed by atoms with Crippen molar-refractivity contribution in [1.82, 2.24) is 0 Å². The van der Waals surface area contributed by atoms with Crippen LogP contribution in [0.25, 0.3) is 0 Å². The van der Waals surface area contributed by atoms with Gasteiger partial charge >= 0.3 is 0 Å². The molecule has 0 radical (unpaired) electrons. The zero-order valence-electron chi connectivity index (χ0n) is 9.08. The second-order valence-corrected chi connectivity index (χ2v) is 3.73. The van der Waals surface area contributed by atoms with Crippen LogP contribution >= 0.6 is 0 Å². The van der Waals surface area contributed by atoms with E-state index in [2.05, 4.69) is 0 Å². The third-order valence-corrected chi connectivity index (χ3v) is 2.53. The highest BCUT2D eigenvalue weighted by atomic mass is 16.5. The zero-order valence-corrected chi connectivity index (χ0v) is 9.08. The third-order valence-electron chi connectivity index (χ3n) is 2.53. The van der Waals surface area contributed by atoms with Crippen molar-refractivity contribution in [3.63, 3.8) is 0 Å². The fourth-order valence-electron chi connectivity index (χ4n) is 1.59. The van der Waals surface area contributed by atoms with Gasteiger partial charge in [0, 0.05) is 11.1 Å². The van der Waals surface area contributed by atoms with Crippen LogP contribution in [0.15, 0.2) is 60.7 Å². The molecule has 0 unspecified atom stereocenters. The van der Waals surface area contributed by atoms with E-state index in [1.54, 1.807) is 48.5 Å². The van der Waals surface area contributed by atoms with Crippen LogP contribution in [-0.2, 0) is 5.79 Å². The molecular weight excluding hydrogens is 216 g/mol. The molecule has 2 aromatic carbocycles. The van der Waals surface area contributed by atoms with Crippen LogP contribution < -0.4 is 0 Å². The Morgan fingerprint density at radius 3 is 1.82 bits per heavy atom. The highest BCUT2D eigenvalue weighted by molar-refractivity contribution is 6.01. The molecule has 3 heteroatoms. The maximum Gasteiger partial charge on any atom is 0.256 e. The first kappa shape index (κ1) is 11.5. The quantitative estimate of drug-likeness (QED) is 0.621. The van der Waals surface area contributed by atoms with Gasteiger partial charge in [0.25, 0.3) is 5.79 Å². The monoisotopic (exact) mass is 228 g/mol. The predicted octanol–water partition coefficient (Wildman–Crippen LogP) is 1.71. The molecule has 17 heavy (non-hydrogen) atoms. The molecule has 0 aliphatic heterocycles. The van der Waals surface area contributed by atoms with Crippen molar-refractivity contribution in [1.29, 1.82) is 0 Å². The second-order valence-electron chi connectivity index (χ2n) is 3.73. The fourth-order valence-corrected chi connectivity index (χ4v) is 1.59. The van der Waals surface area contributed by atoms with Crippen LogP contribution in [0.5, 0.6) is 0 Å². The van der Waals surface area contributed by atoms with Gasteiger partial charge in [-0.05, 0) is 0 Å². The standard InChI is InChI=1S/C14H12O3/c15-13(11-7-3-1-4-8-11)14(16,17)12-9-5-2-6-10-12/h1-10,16-17H. The molecule has 2 N–H and O–H groups in total. The lowest BCUT2D eigenvalue weighted by molar-refractivity contribution is -0.128. The van der Waals surface area contributed by atoms with Crippen LogP contribution in [0.2, 0.25) is 0 Å². The minimum absolute atomic E-state index is 0.161. The molecule has 0 atom stereocenters. The number of hydrogen-bond acceptors (Lipinski definition) is 3. The van der Waals surface area contributed by atoms with Crippen LogP contribution in [0, 0.1) is 0 Å². The smallest absolute Gasteiger partial charge is 0.256 e. The van der Waals surface area contributed by atoms with Gasteiger partial charge in [0.15, 0.2) is 0 Å². The van der Waals surface area contributed by atoms with Crippen molar-refractivity contribution in [3.05, 3.63) is 71.8 Å². The van der Waals surface area contributed by atoms with Gasteiger partial charge in [0.05, 0.1) is 0 Å². The number of benzene rings is 2. The van der Waals surface area contributed by atoms with Gasteiger partial charge in [0.2, 0.25) is 5.78 Å². The fraction of sp³-hybridized carbons (Fsp3) is 0.0714. The Hall–Kier alpha value is -1.97. The number of carbonyl (C=O) groups is 1. The average Bonchev–Trinajstić information content (AvgIpc) is 2.40. The van der Waals surface area contributed by atoms with Crippen LogP contribution in [-0.4, -0.2) is 16.0 Å². The van der Waals surface area contributed by atoms with E-state index in [0.717, 1.165) is 0 Å². The highest BCUT2D eigenvalue weighted by Crippen LogP contribution is 2.22. The minimum atomic E-state index is -2.48. The van der Waals surface area contributed by atoms with Gasteiger partial charge in [0.1, 0.15) is 0 Å². The van der Waals surface area contributed by atoms with Gasteiger partial charge in [-0.1, -0.05) is 60.7 Å². The Morgan fingerprint density at radius 1 is 0.824 bits per heavy atom. The number of ketones is 1. The predicted molar refractivity (Wildman–Crippen MR) is 63.3 cm³/mol. The van der Waals surface area contributed by atoms with E-state index in [1.165, 1.54) is 12.1 Å². The van der Waals surface area contributed by atoms with E-state index in [0.29, 0.717) is 0 Å². The molecule has 2 aromatic rings. The third kappa shape index (κ3) is 2.25. The summed E-state index contributed by atoms with van der Waals surface area (Å²) in [5, 5.41) is 19.8. The Bertz CT molecular complexity index is 504. The maximum absolute atomic E-state index is 12.0. The summed E-state index contributed by atoms with van der Waals surface area (Å²) in [5.41, 5.74) is 0.426. The van der Waals surface area contributed by atoms with Crippen molar-refractivity contribution in [3.8, 4) is 0 Å². The van der Waals surface area contributed by atoms with Crippen LogP contribution in [0.3, 0.4) is 0 Å². The van der Waals surface area contributed by atoms with Gasteiger partial charge in [-0.15, -0.1) is 0 Å². The molecule has 0 amide bonds. The summed E-state index contributed by atoms with van der Waals surface area (Å²) in [6.45, 7) is 0. The molecule has 0 aliphatic rings. The Kier molecular flexibility index (Phi) is 3.04. The van der Waals surface area contributed by atoms with Crippen LogP contribution in [0.4, 0.5) is 0 Å². The van der Waals surface area contributed by atoms with Crippen molar-refractivity contribution in [2.45, 2.75) is 5.79 Å². The molecule has 0 fully saturated rings. The topological polar surface area (TPSA) is 57.5 Å². The van der Waals surface area contributed by atoms with Crippen molar-refractivity contribution >= 4 is 5.78 Å². The van der Waals surface area contributed by atoms with E-state index >= 15 is 0 Å². The molecule has 3 nitrogen and oxygen atoms in total. The number of Topliss-reactive ketones (excluding diaryl/α,β-unsaturated/α-hetero) is 1. The SMILES string of the molecule is O=C(c1ccccc1)C(O)(O)c1ccccc1. The lowest BCUT2D eigenvalue weighted by atomic mass is 9.96. The molecule has 0 aliphatic carbocycles. The number of carbonyl (C=O) groups excluding carboxylic acids is 1. The molecule has 0 spiro atoms. The molecule has 86 valence electrons. The Labute approximate surface area is 99.0 Å². The molecule has 0 saturated carbocycles. The Balaban J connectivity index is 2.37.